The van der Waals surface area contributed by atoms with Gasteiger partial charge in [-0.1, -0.05) is 12.1 Å². The van der Waals surface area contributed by atoms with E-state index in [1.54, 1.807) is 35.4 Å². The summed E-state index contributed by atoms with van der Waals surface area (Å²) in [6.45, 7) is 0.966. The van der Waals surface area contributed by atoms with Crippen LogP contribution in [-0.4, -0.2) is 24.5 Å². The topological polar surface area (TPSA) is 32.3 Å². The van der Waals surface area contributed by atoms with Crippen molar-refractivity contribution in [1.29, 1.82) is 0 Å². The molecule has 21 heavy (non-hydrogen) atoms. The van der Waals surface area contributed by atoms with Gasteiger partial charge in [-0.2, -0.15) is 0 Å². The number of nitrogens with one attached hydrogen (secondary N) is 1. The maximum atomic E-state index is 13.1. The van der Waals surface area contributed by atoms with E-state index < -0.39 is 0 Å². The summed E-state index contributed by atoms with van der Waals surface area (Å²) in [5.41, 5.74) is 0.773. The molecule has 1 N–H and O–H groups in total. The summed E-state index contributed by atoms with van der Waals surface area (Å²) in [6, 6.07) is 10.2. The minimum Gasteiger partial charge on any atom is -0.338 e. The van der Waals surface area contributed by atoms with Crippen LogP contribution in [0.2, 0.25) is 0 Å². The normalized spacial score (nSPS) is 10.4. The highest BCUT2D eigenvalue weighted by Gasteiger charge is 2.09. The fraction of sp³-hybridized carbons (Fsp3) is 0.267. The fourth-order valence-corrected chi connectivity index (χ4v) is 3.38. The second kappa shape index (κ2) is 7.56. The number of rotatable bonds is 5. The van der Waals surface area contributed by atoms with Crippen LogP contribution in [-0.2, 0) is 13.0 Å². The summed E-state index contributed by atoms with van der Waals surface area (Å²) in [4.78, 5) is 14.7. The van der Waals surface area contributed by atoms with Gasteiger partial charge in [0.2, 0.25) is 0 Å². The third-order valence-electron chi connectivity index (χ3n) is 2.93. The van der Waals surface area contributed by atoms with Gasteiger partial charge in [-0.05, 0) is 52.2 Å². The SMILES string of the molecule is CN(Cc1cccc(F)c1)C(=O)NCCc1ccc(Br)s1. The molecule has 112 valence electrons. The number of thiophene rings is 1. The number of nitrogens with zero attached hydrogens (tertiary/aromatic N) is 1. The van der Waals surface area contributed by atoms with Gasteiger partial charge >= 0.3 is 6.03 Å². The van der Waals surface area contributed by atoms with Gasteiger partial charge in [-0.25, -0.2) is 9.18 Å². The monoisotopic (exact) mass is 370 g/mol. The van der Waals surface area contributed by atoms with Crippen molar-refractivity contribution < 1.29 is 9.18 Å². The first-order valence-corrected chi connectivity index (χ1v) is 8.13. The van der Waals surface area contributed by atoms with E-state index >= 15 is 0 Å². The van der Waals surface area contributed by atoms with Crippen LogP contribution in [0.15, 0.2) is 40.2 Å². The van der Waals surface area contributed by atoms with E-state index in [0.717, 1.165) is 15.8 Å². The van der Waals surface area contributed by atoms with E-state index in [9.17, 15) is 9.18 Å². The summed E-state index contributed by atoms with van der Waals surface area (Å²) in [5.74, 6) is -0.287. The average molecular weight is 371 g/mol. The first-order chi connectivity index (χ1) is 10.0. The molecule has 2 aromatic rings. The smallest absolute Gasteiger partial charge is 0.317 e. The van der Waals surface area contributed by atoms with Crippen LogP contribution >= 0.6 is 27.3 Å². The largest absolute Gasteiger partial charge is 0.338 e. The van der Waals surface area contributed by atoms with Crippen LogP contribution in [0.4, 0.5) is 9.18 Å². The number of halogens is 2. The molecule has 0 bridgehead atoms. The molecule has 0 spiro atoms. The minimum absolute atomic E-state index is 0.158. The Hall–Kier alpha value is -1.40. The van der Waals surface area contributed by atoms with Crippen molar-refractivity contribution >= 4 is 33.3 Å². The number of hydrogen-bond donors (Lipinski definition) is 1. The lowest BCUT2D eigenvalue weighted by molar-refractivity contribution is 0.207. The lowest BCUT2D eigenvalue weighted by atomic mass is 10.2. The molecule has 3 nitrogen and oxygen atoms in total. The standard InChI is InChI=1S/C15H16BrFN2OS/c1-19(10-11-3-2-4-12(17)9-11)15(20)18-8-7-13-5-6-14(16)21-13/h2-6,9H,7-8,10H2,1H3,(H,18,20). The van der Waals surface area contributed by atoms with Gasteiger partial charge in [-0.3, -0.25) is 0 Å². The number of carbonyl (C=O) groups excluding carboxylic acids is 1. The summed E-state index contributed by atoms with van der Waals surface area (Å²) in [5, 5.41) is 2.86. The molecule has 2 rings (SSSR count). The molecule has 1 aromatic heterocycles. The van der Waals surface area contributed by atoms with Gasteiger partial charge < -0.3 is 10.2 Å². The van der Waals surface area contributed by atoms with E-state index in [1.807, 2.05) is 12.1 Å². The summed E-state index contributed by atoms with van der Waals surface area (Å²) in [7, 11) is 1.70. The first kappa shape index (κ1) is 16.0. The molecular formula is C15H16BrFN2OS. The maximum absolute atomic E-state index is 13.1. The van der Waals surface area contributed by atoms with Crippen molar-refractivity contribution in [2.45, 2.75) is 13.0 Å². The van der Waals surface area contributed by atoms with Gasteiger partial charge in [0.15, 0.2) is 0 Å². The average Bonchev–Trinajstić information content (AvgIpc) is 2.84. The predicted octanol–water partition coefficient (Wildman–Crippen LogP) is 4.03. The molecule has 1 aromatic carbocycles. The van der Waals surface area contributed by atoms with Crippen molar-refractivity contribution in [2.75, 3.05) is 13.6 Å². The van der Waals surface area contributed by atoms with Gasteiger partial charge in [-0.15, -0.1) is 11.3 Å². The van der Waals surface area contributed by atoms with E-state index in [4.69, 9.17) is 0 Å². The number of urea groups is 1. The zero-order valence-electron chi connectivity index (χ0n) is 11.6. The van der Waals surface area contributed by atoms with Crippen LogP contribution in [0.5, 0.6) is 0 Å². The third kappa shape index (κ3) is 5.13. The highest BCUT2D eigenvalue weighted by molar-refractivity contribution is 9.11. The number of carbonyl (C=O) groups is 1. The highest BCUT2D eigenvalue weighted by atomic mass is 79.9. The molecular weight excluding hydrogens is 355 g/mol. The minimum atomic E-state index is -0.287. The van der Waals surface area contributed by atoms with Crippen molar-refractivity contribution in [3.8, 4) is 0 Å². The van der Waals surface area contributed by atoms with Crippen molar-refractivity contribution in [3.63, 3.8) is 0 Å². The van der Waals surface area contributed by atoms with Crippen LogP contribution < -0.4 is 5.32 Å². The molecule has 0 saturated carbocycles. The lowest BCUT2D eigenvalue weighted by Gasteiger charge is -2.18. The lowest BCUT2D eigenvalue weighted by Crippen LogP contribution is -2.37. The molecule has 1 heterocycles. The molecule has 0 saturated heterocycles. The molecule has 0 aliphatic rings. The molecule has 0 radical (unpaired) electrons. The fourth-order valence-electron chi connectivity index (χ4n) is 1.89. The van der Waals surface area contributed by atoms with Gasteiger partial charge in [0.1, 0.15) is 5.82 Å². The maximum Gasteiger partial charge on any atom is 0.317 e. The number of benzene rings is 1. The van der Waals surface area contributed by atoms with E-state index in [1.165, 1.54) is 17.0 Å². The molecule has 0 atom stereocenters. The Balaban J connectivity index is 1.77. The Morgan fingerprint density at radius 2 is 2.19 bits per heavy atom. The first-order valence-electron chi connectivity index (χ1n) is 6.52. The van der Waals surface area contributed by atoms with Crippen LogP contribution in [0.25, 0.3) is 0 Å². The molecule has 0 unspecified atom stereocenters. The van der Waals surface area contributed by atoms with Gasteiger partial charge in [0.25, 0.3) is 0 Å². The van der Waals surface area contributed by atoms with Gasteiger partial charge in [0, 0.05) is 25.0 Å². The van der Waals surface area contributed by atoms with E-state index in [2.05, 4.69) is 21.2 Å². The summed E-state index contributed by atoms with van der Waals surface area (Å²) >= 11 is 5.07. The van der Waals surface area contributed by atoms with Crippen molar-refractivity contribution in [2.24, 2.45) is 0 Å². The Morgan fingerprint density at radius 1 is 1.38 bits per heavy atom. The van der Waals surface area contributed by atoms with Crippen LogP contribution in [0.3, 0.4) is 0 Å². The molecule has 0 aliphatic heterocycles. The molecule has 6 heteroatoms. The Bertz CT molecular complexity index is 617. The van der Waals surface area contributed by atoms with Crippen LogP contribution in [0.1, 0.15) is 10.4 Å². The Kier molecular flexibility index (Phi) is 5.76. The second-order valence-electron chi connectivity index (χ2n) is 4.67. The van der Waals surface area contributed by atoms with Crippen molar-refractivity contribution in [3.05, 3.63) is 56.4 Å². The molecule has 2 amide bonds. The summed E-state index contributed by atoms with van der Waals surface area (Å²) in [6.07, 6.45) is 0.801. The highest BCUT2D eigenvalue weighted by Crippen LogP contribution is 2.22. The zero-order valence-corrected chi connectivity index (χ0v) is 14.0. The van der Waals surface area contributed by atoms with E-state index in [-0.39, 0.29) is 11.8 Å². The number of amides is 2. The molecule has 0 fully saturated rings. The van der Waals surface area contributed by atoms with Gasteiger partial charge in [0.05, 0.1) is 3.79 Å². The third-order valence-corrected chi connectivity index (χ3v) is 4.62. The predicted molar refractivity (Wildman–Crippen MR) is 87.0 cm³/mol. The molecule has 0 aliphatic carbocycles. The van der Waals surface area contributed by atoms with Crippen molar-refractivity contribution in [1.82, 2.24) is 10.2 Å². The quantitative estimate of drug-likeness (QED) is 0.846. The Morgan fingerprint density at radius 3 is 2.86 bits per heavy atom. The summed E-state index contributed by atoms with van der Waals surface area (Å²) < 4.78 is 14.2. The zero-order chi connectivity index (χ0) is 15.2. The Labute approximate surface area is 135 Å². The van der Waals surface area contributed by atoms with Crippen LogP contribution in [0, 0.1) is 5.82 Å². The second-order valence-corrected chi connectivity index (χ2v) is 7.22. The van der Waals surface area contributed by atoms with E-state index in [0.29, 0.717) is 13.1 Å². The number of hydrogen-bond acceptors (Lipinski definition) is 2.